The van der Waals surface area contributed by atoms with Crippen LogP contribution in [0.15, 0.2) is 6.20 Å². The van der Waals surface area contributed by atoms with Crippen molar-refractivity contribution >= 4 is 17.6 Å². The molecule has 0 saturated carbocycles. The van der Waals surface area contributed by atoms with E-state index in [1.807, 2.05) is 30.6 Å². The van der Waals surface area contributed by atoms with Crippen molar-refractivity contribution in [2.24, 2.45) is 5.92 Å². The second-order valence-electron chi connectivity index (χ2n) is 9.35. The molecule has 0 unspecified atom stereocenters. The number of anilines is 1. The maximum Gasteiger partial charge on any atom is 0.257 e. The van der Waals surface area contributed by atoms with Gasteiger partial charge in [-0.3, -0.25) is 14.5 Å². The molecule has 8 heteroatoms. The molecule has 1 atom stereocenters. The number of nitrogens with zero attached hydrogens (tertiary/aromatic N) is 6. The van der Waals surface area contributed by atoms with Crippen molar-refractivity contribution in [2.75, 3.05) is 24.5 Å². The summed E-state index contributed by atoms with van der Waals surface area (Å²) >= 11 is 0. The van der Waals surface area contributed by atoms with Gasteiger partial charge in [0.2, 0.25) is 5.91 Å². The Morgan fingerprint density at radius 1 is 1.12 bits per heavy atom. The van der Waals surface area contributed by atoms with Gasteiger partial charge in [-0.25, -0.2) is 19.9 Å². The van der Waals surface area contributed by atoms with E-state index in [9.17, 15) is 9.59 Å². The van der Waals surface area contributed by atoms with Gasteiger partial charge in [0.25, 0.3) is 5.91 Å². The minimum Gasteiger partial charge on any atom is -0.338 e. The van der Waals surface area contributed by atoms with E-state index in [4.69, 9.17) is 9.97 Å². The van der Waals surface area contributed by atoms with E-state index in [2.05, 4.69) is 23.8 Å². The molecule has 2 aliphatic rings. The molecule has 2 aromatic heterocycles. The zero-order valence-corrected chi connectivity index (χ0v) is 19.7. The van der Waals surface area contributed by atoms with Crippen LogP contribution < -0.4 is 4.90 Å². The molecule has 0 bridgehead atoms. The van der Waals surface area contributed by atoms with Gasteiger partial charge < -0.3 is 4.90 Å². The first-order chi connectivity index (χ1) is 15.2. The van der Waals surface area contributed by atoms with Crippen molar-refractivity contribution in [3.63, 3.8) is 0 Å². The highest BCUT2D eigenvalue weighted by atomic mass is 16.2. The van der Waals surface area contributed by atoms with Crippen LogP contribution in [0.25, 0.3) is 0 Å². The highest BCUT2D eigenvalue weighted by molar-refractivity contribution is 5.96. The largest absolute Gasteiger partial charge is 0.338 e. The Kier molecular flexibility index (Phi) is 6.22. The van der Waals surface area contributed by atoms with E-state index in [1.165, 1.54) is 0 Å². The van der Waals surface area contributed by atoms with Crippen molar-refractivity contribution in [3.05, 3.63) is 40.4 Å². The quantitative estimate of drug-likeness (QED) is 0.715. The molecule has 0 N–H and O–H groups in total. The summed E-state index contributed by atoms with van der Waals surface area (Å²) in [6.45, 7) is 11.9. The molecule has 0 aliphatic carbocycles. The molecule has 1 fully saturated rings. The van der Waals surface area contributed by atoms with Gasteiger partial charge in [0.15, 0.2) is 0 Å². The lowest BCUT2D eigenvalue weighted by Gasteiger charge is -2.30. The van der Waals surface area contributed by atoms with Crippen LogP contribution in [-0.2, 0) is 11.2 Å². The summed E-state index contributed by atoms with van der Waals surface area (Å²) in [7, 11) is 0. The van der Waals surface area contributed by atoms with Gasteiger partial charge >= 0.3 is 0 Å². The van der Waals surface area contributed by atoms with Crippen LogP contribution in [-0.4, -0.2) is 56.3 Å². The second kappa shape index (κ2) is 8.92. The summed E-state index contributed by atoms with van der Waals surface area (Å²) in [6.07, 6.45) is 4.56. The normalized spacial score (nSPS) is 18.4. The lowest BCUT2D eigenvalue weighted by molar-refractivity contribution is -0.119. The van der Waals surface area contributed by atoms with Gasteiger partial charge in [-0.1, -0.05) is 13.8 Å². The van der Waals surface area contributed by atoms with E-state index < -0.39 is 0 Å². The lowest BCUT2D eigenvalue weighted by atomic mass is 10.0. The smallest absolute Gasteiger partial charge is 0.257 e. The number of aromatic nitrogens is 4. The van der Waals surface area contributed by atoms with Gasteiger partial charge in [0, 0.05) is 49.4 Å². The minimum atomic E-state index is -0.0478. The van der Waals surface area contributed by atoms with Crippen LogP contribution in [0.5, 0.6) is 0 Å². The third-order valence-corrected chi connectivity index (χ3v) is 6.46. The van der Waals surface area contributed by atoms with Crippen molar-refractivity contribution in [1.82, 2.24) is 24.8 Å². The molecular formula is C24H32N6O2. The molecule has 2 amide bonds. The number of hydrogen-bond donors (Lipinski definition) is 0. The molecule has 1 saturated heterocycles. The van der Waals surface area contributed by atoms with Gasteiger partial charge in [-0.15, -0.1) is 0 Å². The monoisotopic (exact) mass is 436 g/mol. The molecule has 2 aliphatic heterocycles. The SMILES string of the molecule is Cc1ncc(C(=O)N2CC[C@H](c3nc(C)c4c(n3)N(CCC(C)C)C(=O)CC4)C2)c(C)n1. The second-order valence-corrected chi connectivity index (χ2v) is 9.35. The number of likely N-dealkylation sites (tertiary alicyclic amines) is 1. The number of aryl methyl sites for hydroxylation is 3. The standard InChI is InChI=1S/C24H32N6O2/c1-14(2)8-11-30-21(31)7-6-19-15(3)27-22(28-23(19)30)18-9-10-29(13-18)24(32)20-12-25-17(5)26-16(20)4/h12,14,18H,6-11,13H2,1-5H3/t18-/m0/s1. The average molecular weight is 437 g/mol. The maximum atomic E-state index is 13.1. The van der Waals surface area contributed by atoms with Crippen LogP contribution in [0.4, 0.5) is 5.82 Å². The summed E-state index contributed by atoms with van der Waals surface area (Å²) < 4.78 is 0. The molecule has 32 heavy (non-hydrogen) atoms. The van der Waals surface area contributed by atoms with Crippen LogP contribution in [0.1, 0.15) is 78.0 Å². The van der Waals surface area contributed by atoms with Crippen molar-refractivity contribution < 1.29 is 9.59 Å². The Hall–Kier alpha value is -2.90. The minimum absolute atomic E-state index is 0.0478. The first-order valence-corrected chi connectivity index (χ1v) is 11.5. The molecule has 0 aromatic carbocycles. The molecule has 0 spiro atoms. The lowest BCUT2D eigenvalue weighted by Crippen LogP contribution is -2.38. The third kappa shape index (κ3) is 4.36. The Morgan fingerprint density at radius 3 is 2.62 bits per heavy atom. The summed E-state index contributed by atoms with van der Waals surface area (Å²) in [5.74, 6) is 2.83. The maximum absolute atomic E-state index is 13.1. The van der Waals surface area contributed by atoms with Crippen LogP contribution in [0.3, 0.4) is 0 Å². The number of carbonyl (C=O) groups excluding carboxylic acids is 2. The van der Waals surface area contributed by atoms with Crippen LogP contribution in [0.2, 0.25) is 0 Å². The van der Waals surface area contributed by atoms with Crippen molar-refractivity contribution in [2.45, 2.75) is 66.2 Å². The summed E-state index contributed by atoms with van der Waals surface area (Å²) in [5, 5.41) is 0. The predicted octanol–water partition coefficient (Wildman–Crippen LogP) is 3.15. The van der Waals surface area contributed by atoms with Crippen molar-refractivity contribution in [1.29, 1.82) is 0 Å². The number of rotatable bonds is 5. The third-order valence-electron chi connectivity index (χ3n) is 6.46. The summed E-state index contributed by atoms with van der Waals surface area (Å²) in [4.78, 5) is 47.6. The average Bonchev–Trinajstić information content (AvgIpc) is 3.22. The van der Waals surface area contributed by atoms with Gasteiger partial charge in [-0.05, 0) is 46.0 Å². The summed E-state index contributed by atoms with van der Waals surface area (Å²) in [6, 6.07) is 0. The van der Waals surface area contributed by atoms with E-state index >= 15 is 0 Å². The molecule has 2 aromatic rings. The van der Waals surface area contributed by atoms with Gasteiger partial charge in [-0.2, -0.15) is 0 Å². The van der Waals surface area contributed by atoms with E-state index in [0.29, 0.717) is 55.5 Å². The first-order valence-electron chi connectivity index (χ1n) is 11.5. The highest BCUT2D eigenvalue weighted by Crippen LogP contribution is 2.33. The predicted molar refractivity (Wildman–Crippen MR) is 122 cm³/mol. The Bertz CT molecular complexity index is 1050. The van der Waals surface area contributed by atoms with Crippen LogP contribution >= 0.6 is 0 Å². The molecular weight excluding hydrogens is 404 g/mol. The zero-order chi connectivity index (χ0) is 23.0. The van der Waals surface area contributed by atoms with E-state index in [1.54, 1.807) is 6.20 Å². The highest BCUT2D eigenvalue weighted by Gasteiger charge is 2.33. The van der Waals surface area contributed by atoms with E-state index in [0.717, 1.165) is 35.7 Å². The zero-order valence-electron chi connectivity index (χ0n) is 19.7. The Labute approximate surface area is 189 Å². The number of carbonyl (C=O) groups is 2. The topological polar surface area (TPSA) is 92.2 Å². The number of hydrogen-bond acceptors (Lipinski definition) is 6. The Morgan fingerprint density at radius 2 is 1.91 bits per heavy atom. The molecule has 0 radical (unpaired) electrons. The number of fused-ring (bicyclic) bond motifs is 1. The van der Waals surface area contributed by atoms with Gasteiger partial charge in [0.05, 0.1) is 11.3 Å². The molecule has 4 rings (SSSR count). The van der Waals surface area contributed by atoms with Crippen molar-refractivity contribution in [3.8, 4) is 0 Å². The fourth-order valence-electron chi connectivity index (χ4n) is 4.52. The summed E-state index contributed by atoms with van der Waals surface area (Å²) in [5.41, 5.74) is 3.27. The fourth-order valence-corrected chi connectivity index (χ4v) is 4.52. The van der Waals surface area contributed by atoms with E-state index in [-0.39, 0.29) is 17.7 Å². The first kappa shape index (κ1) is 22.3. The van der Waals surface area contributed by atoms with Crippen LogP contribution in [0, 0.1) is 26.7 Å². The molecule has 8 nitrogen and oxygen atoms in total. The Balaban J connectivity index is 1.56. The molecule has 4 heterocycles. The molecule has 170 valence electrons. The number of amides is 2. The fraction of sp³-hybridized carbons (Fsp3) is 0.583. The van der Waals surface area contributed by atoms with Gasteiger partial charge in [0.1, 0.15) is 17.5 Å².